The summed E-state index contributed by atoms with van der Waals surface area (Å²) >= 11 is 0. The first-order valence-electron chi connectivity index (χ1n) is 4.72. The third-order valence-corrected chi connectivity index (χ3v) is 2.13. The van der Waals surface area contributed by atoms with Gasteiger partial charge in [-0.1, -0.05) is 6.07 Å². The zero-order valence-corrected chi connectivity index (χ0v) is 8.64. The first kappa shape index (κ1) is 10.4. The number of hydrogen-bond acceptors (Lipinski definition) is 2. The van der Waals surface area contributed by atoms with Crippen LogP contribution in [-0.2, 0) is 7.05 Å². The molecule has 0 spiro atoms. The Balaban J connectivity index is 2.17. The fraction of sp³-hybridized carbons (Fsp3) is 0.0909. The molecule has 0 aliphatic rings. The lowest BCUT2D eigenvalue weighted by Crippen LogP contribution is -2.16. The second kappa shape index (κ2) is 4.14. The molecule has 2 rings (SSSR count). The van der Waals surface area contributed by atoms with Gasteiger partial charge in [0.25, 0.3) is 5.91 Å². The van der Waals surface area contributed by atoms with Crippen molar-refractivity contribution in [1.29, 1.82) is 0 Å². The van der Waals surface area contributed by atoms with Gasteiger partial charge in [-0.05, 0) is 24.3 Å². The molecule has 0 atom stereocenters. The maximum atomic E-state index is 12.8. The third-order valence-electron chi connectivity index (χ3n) is 2.13. The van der Waals surface area contributed by atoms with Gasteiger partial charge in [0, 0.05) is 13.2 Å². The summed E-state index contributed by atoms with van der Waals surface area (Å²) in [5.41, 5.74) is 0.492. The number of aryl methyl sites for hydroxylation is 1. The van der Waals surface area contributed by atoms with Crippen molar-refractivity contribution in [2.45, 2.75) is 0 Å². The molecule has 2 aromatic heterocycles. The standard InChI is InChI=1S/C11H10FN3O/c1-15-7-3-4-8(15)11(16)14-10-6-2-5-9(12)13-10/h2-7H,1H3,(H,13,14,16). The van der Waals surface area contributed by atoms with Gasteiger partial charge >= 0.3 is 0 Å². The molecule has 5 heteroatoms. The molecule has 1 amide bonds. The molecule has 4 nitrogen and oxygen atoms in total. The van der Waals surface area contributed by atoms with Crippen LogP contribution in [0.2, 0.25) is 0 Å². The minimum Gasteiger partial charge on any atom is -0.347 e. The van der Waals surface area contributed by atoms with Gasteiger partial charge in [0.05, 0.1) is 0 Å². The molecular formula is C11H10FN3O. The lowest BCUT2D eigenvalue weighted by Gasteiger charge is -2.04. The summed E-state index contributed by atoms with van der Waals surface area (Å²) in [6.07, 6.45) is 1.76. The van der Waals surface area contributed by atoms with E-state index in [4.69, 9.17) is 0 Å². The normalized spacial score (nSPS) is 10.1. The predicted molar refractivity (Wildman–Crippen MR) is 57.6 cm³/mol. The number of hydrogen-bond donors (Lipinski definition) is 1. The SMILES string of the molecule is Cn1cccc1C(=O)Nc1cccc(F)n1. The highest BCUT2D eigenvalue weighted by Crippen LogP contribution is 2.07. The highest BCUT2D eigenvalue weighted by molar-refractivity contribution is 6.02. The van der Waals surface area contributed by atoms with Crippen molar-refractivity contribution in [3.8, 4) is 0 Å². The topological polar surface area (TPSA) is 46.9 Å². The molecule has 82 valence electrons. The molecule has 2 aromatic rings. The Bertz CT molecular complexity index is 521. The number of rotatable bonds is 2. The first-order valence-corrected chi connectivity index (χ1v) is 4.72. The van der Waals surface area contributed by atoms with E-state index in [1.165, 1.54) is 18.2 Å². The van der Waals surface area contributed by atoms with Crippen LogP contribution in [0.1, 0.15) is 10.5 Å². The lowest BCUT2D eigenvalue weighted by atomic mass is 10.4. The Morgan fingerprint density at radius 3 is 2.81 bits per heavy atom. The molecule has 0 saturated carbocycles. The van der Waals surface area contributed by atoms with E-state index < -0.39 is 5.95 Å². The Kier molecular flexibility index (Phi) is 2.68. The molecule has 0 aromatic carbocycles. The van der Waals surface area contributed by atoms with Gasteiger partial charge in [-0.2, -0.15) is 4.39 Å². The molecule has 0 aliphatic carbocycles. The maximum absolute atomic E-state index is 12.8. The molecule has 2 heterocycles. The minimum absolute atomic E-state index is 0.200. The number of halogens is 1. The summed E-state index contributed by atoms with van der Waals surface area (Å²) in [6, 6.07) is 7.67. The summed E-state index contributed by atoms with van der Waals surface area (Å²) < 4.78 is 14.4. The van der Waals surface area contributed by atoms with Crippen molar-refractivity contribution in [2.75, 3.05) is 5.32 Å². The van der Waals surface area contributed by atoms with E-state index in [1.54, 1.807) is 29.9 Å². The van der Waals surface area contributed by atoms with Gasteiger partial charge in [0.2, 0.25) is 5.95 Å². The number of nitrogens with one attached hydrogen (secondary N) is 1. The molecular weight excluding hydrogens is 209 g/mol. The van der Waals surface area contributed by atoms with Crippen LogP contribution >= 0.6 is 0 Å². The second-order valence-corrected chi connectivity index (χ2v) is 3.30. The maximum Gasteiger partial charge on any atom is 0.273 e. The first-order chi connectivity index (χ1) is 7.66. The van der Waals surface area contributed by atoms with Crippen LogP contribution in [0.4, 0.5) is 10.2 Å². The van der Waals surface area contributed by atoms with E-state index in [2.05, 4.69) is 10.3 Å². The van der Waals surface area contributed by atoms with E-state index in [9.17, 15) is 9.18 Å². The number of carbonyl (C=O) groups excluding carboxylic acids is 1. The molecule has 0 bridgehead atoms. The number of anilines is 1. The van der Waals surface area contributed by atoms with Crippen LogP contribution in [0.5, 0.6) is 0 Å². The minimum atomic E-state index is -0.621. The van der Waals surface area contributed by atoms with Gasteiger partial charge in [0.1, 0.15) is 11.5 Å². The van der Waals surface area contributed by atoms with Gasteiger partial charge < -0.3 is 9.88 Å². The molecule has 0 unspecified atom stereocenters. The number of nitrogens with zero attached hydrogens (tertiary/aromatic N) is 2. The Hall–Kier alpha value is -2.17. The number of amides is 1. The average Bonchev–Trinajstić information content (AvgIpc) is 2.64. The summed E-state index contributed by atoms with van der Waals surface area (Å²) in [4.78, 5) is 15.3. The second-order valence-electron chi connectivity index (χ2n) is 3.30. The Morgan fingerprint density at radius 2 is 2.19 bits per heavy atom. The van der Waals surface area contributed by atoms with E-state index in [-0.39, 0.29) is 11.7 Å². The zero-order valence-electron chi connectivity index (χ0n) is 8.64. The van der Waals surface area contributed by atoms with Crippen molar-refractivity contribution in [3.63, 3.8) is 0 Å². The smallest absolute Gasteiger partial charge is 0.273 e. The van der Waals surface area contributed by atoms with Crippen molar-refractivity contribution in [3.05, 3.63) is 48.2 Å². The van der Waals surface area contributed by atoms with Crippen LogP contribution in [-0.4, -0.2) is 15.5 Å². The van der Waals surface area contributed by atoms with E-state index in [1.807, 2.05) is 0 Å². The third kappa shape index (κ3) is 2.08. The molecule has 0 radical (unpaired) electrons. The van der Waals surface area contributed by atoms with Crippen LogP contribution in [0.25, 0.3) is 0 Å². The van der Waals surface area contributed by atoms with Gasteiger partial charge in [0.15, 0.2) is 0 Å². The van der Waals surface area contributed by atoms with Crippen molar-refractivity contribution >= 4 is 11.7 Å². The highest BCUT2D eigenvalue weighted by atomic mass is 19.1. The van der Waals surface area contributed by atoms with E-state index in [0.29, 0.717) is 5.69 Å². The van der Waals surface area contributed by atoms with Crippen molar-refractivity contribution in [1.82, 2.24) is 9.55 Å². The molecule has 0 aliphatic heterocycles. The largest absolute Gasteiger partial charge is 0.347 e. The molecule has 1 N–H and O–H groups in total. The number of pyridine rings is 1. The van der Waals surface area contributed by atoms with Crippen molar-refractivity contribution < 1.29 is 9.18 Å². The van der Waals surface area contributed by atoms with Crippen LogP contribution < -0.4 is 5.32 Å². The fourth-order valence-corrected chi connectivity index (χ4v) is 1.36. The number of carbonyl (C=O) groups is 1. The molecule has 0 fully saturated rings. The summed E-state index contributed by atoms with van der Waals surface area (Å²) in [5, 5.41) is 2.52. The van der Waals surface area contributed by atoms with Crippen molar-refractivity contribution in [2.24, 2.45) is 7.05 Å². The monoisotopic (exact) mass is 219 g/mol. The summed E-state index contributed by atoms with van der Waals surface area (Å²) in [5.74, 6) is -0.735. The van der Waals surface area contributed by atoms with E-state index in [0.717, 1.165) is 0 Å². The highest BCUT2D eigenvalue weighted by Gasteiger charge is 2.09. The zero-order chi connectivity index (χ0) is 11.5. The lowest BCUT2D eigenvalue weighted by molar-refractivity contribution is 0.101. The Labute approximate surface area is 91.7 Å². The van der Waals surface area contributed by atoms with Gasteiger partial charge in [-0.3, -0.25) is 4.79 Å². The van der Waals surface area contributed by atoms with Crippen LogP contribution in [0.3, 0.4) is 0 Å². The van der Waals surface area contributed by atoms with Gasteiger partial charge in [-0.25, -0.2) is 4.98 Å². The number of aromatic nitrogens is 2. The average molecular weight is 219 g/mol. The van der Waals surface area contributed by atoms with Crippen LogP contribution in [0, 0.1) is 5.95 Å². The quantitative estimate of drug-likeness (QED) is 0.783. The molecule has 16 heavy (non-hydrogen) atoms. The summed E-state index contributed by atoms with van der Waals surface area (Å²) in [6.45, 7) is 0. The van der Waals surface area contributed by atoms with E-state index >= 15 is 0 Å². The van der Waals surface area contributed by atoms with Gasteiger partial charge in [-0.15, -0.1) is 0 Å². The summed E-state index contributed by atoms with van der Waals surface area (Å²) in [7, 11) is 1.76. The predicted octanol–water partition coefficient (Wildman–Crippen LogP) is 1.81. The Morgan fingerprint density at radius 1 is 1.38 bits per heavy atom. The fourth-order valence-electron chi connectivity index (χ4n) is 1.36. The molecule has 0 saturated heterocycles. The van der Waals surface area contributed by atoms with Crippen LogP contribution in [0.15, 0.2) is 36.5 Å².